The average molecular weight is 183 g/mol. The number of amidine groups is 1. The normalized spacial score (nSPS) is 9.50. The summed E-state index contributed by atoms with van der Waals surface area (Å²) >= 11 is 5.58. The highest BCUT2D eigenvalue weighted by molar-refractivity contribution is 6.19. The Balaban J connectivity index is 2.79. The van der Waals surface area contributed by atoms with Gasteiger partial charge in [0.05, 0.1) is 6.00 Å². The molecular weight excluding hydrogens is 172 g/mol. The minimum atomic E-state index is 0.341. The number of hydrogen-bond acceptors (Lipinski definition) is 1. The van der Waals surface area contributed by atoms with Crippen molar-refractivity contribution >= 4 is 17.4 Å². The minimum Gasteiger partial charge on any atom is -0.346 e. The number of rotatable bonds is 2. The molecule has 0 spiro atoms. The van der Waals surface area contributed by atoms with Crippen molar-refractivity contribution < 1.29 is 0 Å². The van der Waals surface area contributed by atoms with Gasteiger partial charge in [0.1, 0.15) is 5.84 Å². The summed E-state index contributed by atoms with van der Waals surface area (Å²) in [4.78, 5) is 1.68. The molecule has 0 heterocycles. The van der Waals surface area contributed by atoms with Gasteiger partial charge in [0.25, 0.3) is 0 Å². The lowest BCUT2D eigenvalue weighted by Crippen LogP contribution is -2.25. The van der Waals surface area contributed by atoms with Gasteiger partial charge in [-0.25, -0.2) is 0 Å². The molecule has 0 saturated carbocycles. The molecule has 64 valence electrons. The van der Waals surface area contributed by atoms with Crippen molar-refractivity contribution in [3.8, 4) is 0 Å². The third-order valence-corrected chi connectivity index (χ3v) is 1.97. The Labute approximate surface area is 77.3 Å². The van der Waals surface area contributed by atoms with Crippen molar-refractivity contribution in [2.45, 2.75) is 0 Å². The van der Waals surface area contributed by atoms with Crippen LogP contribution in [0.1, 0.15) is 5.56 Å². The van der Waals surface area contributed by atoms with Crippen LogP contribution in [0.15, 0.2) is 30.3 Å². The maximum atomic E-state index is 7.68. The fourth-order valence-electron chi connectivity index (χ4n) is 0.876. The Morgan fingerprint density at radius 2 is 2.00 bits per heavy atom. The zero-order chi connectivity index (χ0) is 8.97. The Morgan fingerprint density at radius 1 is 1.42 bits per heavy atom. The highest BCUT2D eigenvalue weighted by atomic mass is 35.5. The molecule has 0 unspecified atom stereocenters. The second kappa shape index (κ2) is 4.12. The van der Waals surface area contributed by atoms with Crippen LogP contribution < -0.4 is 0 Å². The summed E-state index contributed by atoms with van der Waals surface area (Å²) in [7, 11) is 1.79. The highest BCUT2D eigenvalue weighted by Crippen LogP contribution is 2.02. The number of nitrogens with one attached hydrogen (secondary N) is 1. The van der Waals surface area contributed by atoms with Gasteiger partial charge in [0.2, 0.25) is 0 Å². The SMILES string of the molecule is CN(CCl)C(=N)c1ccccc1. The molecule has 0 radical (unpaired) electrons. The summed E-state index contributed by atoms with van der Waals surface area (Å²) in [6.45, 7) is 0. The van der Waals surface area contributed by atoms with E-state index in [4.69, 9.17) is 17.0 Å². The summed E-state index contributed by atoms with van der Waals surface area (Å²) in [6, 6.07) is 9.87. The molecule has 1 rings (SSSR count). The van der Waals surface area contributed by atoms with E-state index in [0.29, 0.717) is 11.8 Å². The van der Waals surface area contributed by atoms with Crippen LogP contribution in [0.4, 0.5) is 0 Å². The first-order valence-electron chi connectivity index (χ1n) is 3.66. The molecule has 12 heavy (non-hydrogen) atoms. The Kier molecular flexibility index (Phi) is 3.11. The first-order valence-corrected chi connectivity index (χ1v) is 4.20. The number of alkyl halides is 1. The average Bonchev–Trinajstić information content (AvgIpc) is 2.17. The van der Waals surface area contributed by atoms with Crippen LogP contribution in [0.2, 0.25) is 0 Å². The molecule has 0 amide bonds. The topological polar surface area (TPSA) is 27.1 Å². The second-order valence-electron chi connectivity index (χ2n) is 2.53. The van der Waals surface area contributed by atoms with E-state index in [1.807, 2.05) is 30.3 Å². The van der Waals surface area contributed by atoms with E-state index in [0.717, 1.165) is 5.56 Å². The molecule has 0 saturated heterocycles. The van der Waals surface area contributed by atoms with Gasteiger partial charge >= 0.3 is 0 Å². The lowest BCUT2D eigenvalue weighted by Gasteiger charge is -2.15. The maximum Gasteiger partial charge on any atom is 0.128 e. The molecule has 0 aliphatic heterocycles. The molecule has 0 fully saturated rings. The highest BCUT2D eigenvalue weighted by Gasteiger charge is 2.03. The molecule has 0 atom stereocenters. The van der Waals surface area contributed by atoms with E-state index < -0.39 is 0 Å². The zero-order valence-corrected chi connectivity index (χ0v) is 7.67. The molecule has 3 heteroatoms. The van der Waals surface area contributed by atoms with Gasteiger partial charge in [-0.15, -0.1) is 11.6 Å². The van der Waals surface area contributed by atoms with Crippen molar-refractivity contribution in [3.05, 3.63) is 35.9 Å². The monoisotopic (exact) mass is 182 g/mol. The maximum absolute atomic E-state index is 7.68. The fourth-order valence-corrected chi connectivity index (χ4v) is 0.996. The molecule has 0 aliphatic rings. The standard InChI is InChI=1S/C9H11ClN2/c1-12(7-10)9(11)8-5-3-2-4-6-8/h2-6,11H,7H2,1H3. The van der Waals surface area contributed by atoms with Gasteiger partial charge < -0.3 is 4.90 Å². The minimum absolute atomic E-state index is 0.341. The molecule has 1 aromatic carbocycles. The van der Waals surface area contributed by atoms with E-state index in [9.17, 15) is 0 Å². The van der Waals surface area contributed by atoms with Crippen LogP contribution >= 0.6 is 11.6 Å². The summed E-state index contributed by atoms with van der Waals surface area (Å²) in [5.74, 6) is 0.450. The third-order valence-electron chi connectivity index (χ3n) is 1.61. The second-order valence-corrected chi connectivity index (χ2v) is 2.77. The summed E-state index contributed by atoms with van der Waals surface area (Å²) < 4.78 is 0. The van der Waals surface area contributed by atoms with Crippen molar-refractivity contribution in [1.82, 2.24) is 4.90 Å². The van der Waals surface area contributed by atoms with Gasteiger partial charge in [0.15, 0.2) is 0 Å². The predicted molar refractivity (Wildman–Crippen MR) is 51.8 cm³/mol. The van der Waals surface area contributed by atoms with Crippen LogP contribution in [-0.2, 0) is 0 Å². The van der Waals surface area contributed by atoms with Gasteiger partial charge in [-0.1, -0.05) is 30.3 Å². The van der Waals surface area contributed by atoms with Crippen LogP contribution in [-0.4, -0.2) is 23.8 Å². The predicted octanol–water partition coefficient (Wildman–Crippen LogP) is 2.14. The quantitative estimate of drug-likeness (QED) is 0.323. The number of halogens is 1. The molecular formula is C9H11ClN2. The van der Waals surface area contributed by atoms with Crippen molar-refractivity contribution in [2.75, 3.05) is 13.1 Å². The van der Waals surface area contributed by atoms with Crippen molar-refractivity contribution in [2.24, 2.45) is 0 Å². The molecule has 2 nitrogen and oxygen atoms in total. The molecule has 1 aromatic rings. The third kappa shape index (κ3) is 1.98. The molecule has 0 aromatic heterocycles. The fraction of sp³-hybridized carbons (Fsp3) is 0.222. The lowest BCUT2D eigenvalue weighted by atomic mass is 10.2. The molecule has 1 N–H and O–H groups in total. The van der Waals surface area contributed by atoms with E-state index in [-0.39, 0.29) is 0 Å². The Bertz CT molecular complexity index is 258. The van der Waals surface area contributed by atoms with Gasteiger partial charge in [-0.05, 0) is 0 Å². The first-order chi connectivity index (χ1) is 5.75. The van der Waals surface area contributed by atoms with Crippen LogP contribution in [0, 0.1) is 5.41 Å². The summed E-state index contributed by atoms with van der Waals surface area (Å²) in [5.41, 5.74) is 0.889. The van der Waals surface area contributed by atoms with Crippen molar-refractivity contribution in [3.63, 3.8) is 0 Å². The van der Waals surface area contributed by atoms with E-state index in [2.05, 4.69) is 0 Å². The van der Waals surface area contributed by atoms with Crippen LogP contribution in [0.3, 0.4) is 0 Å². The Hall–Kier alpha value is -1.02. The number of hydrogen-bond donors (Lipinski definition) is 1. The number of benzene rings is 1. The summed E-state index contributed by atoms with van der Waals surface area (Å²) in [6.07, 6.45) is 0. The van der Waals surface area contributed by atoms with E-state index in [1.165, 1.54) is 0 Å². The molecule has 0 bridgehead atoms. The van der Waals surface area contributed by atoms with Gasteiger partial charge in [-0.3, -0.25) is 5.41 Å². The zero-order valence-electron chi connectivity index (χ0n) is 6.92. The lowest BCUT2D eigenvalue weighted by molar-refractivity contribution is 0.590. The number of nitrogens with zero attached hydrogens (tertiary/aromatic N) is 1. The van der Waals surface area contributed by atoms with Gasteiger partial charge in [-0.2, -0.15) is 0 Å². The van der Waals surface area contributed by atoms with Gasteiger partial charge in [0, 0.05) is 12.6 Å². The first kappa shape index (κ1) is 9.07. The Morgan fingerprint density at radius 3 is 2.50 bits per heavy atom. The van der Waals surface area contributed by atoms with E-state index in [1.54, 1.807) is 11.9 Å². The molecule has 0 aliphatic carbocycles. The smallest absolute Gasteiger partial charge is 0.128 e. The summed E-state index contributed by atoms with van der Waals surface area (Å²) in [5, 5.41) is 7.68. The van der Waals surface area contributed by atoms with Crippen molar-refractivity contribution in [1.29, 1.82) is 5.41 Å². The van der Waals surface area contributed by atoms with E-state index >= 15 is 0 Å². The largest absolute Gasteiger partial charge is 0.346 e. The van der Waals surface area contributed by atoms with Crippen LogP contribution in [0.5, 0.6) is 0 Å². The van der Waals surface area contributed by atoms with Crippen LogP contribution in [0.25, 0.3) is 0 Å².